The van der Waals surface area contributed by atoms with E-state index >= 15 is 0 Å². The topological polar surface area (TPSA) is 0 Å². The van der Waals surface area contributed by atoms with Crippen molar-refractivity contribution in [2.75, 3.05) is 0 Å². The molecule has 1 aliphatic rings. The van der Waals surface area contributed by atoms with Gasteiger partial charge in [0.1, 0.15) is 0 Å². The third kappa shape index (κ3) is 2.00. The van der Waals surface area contributed by atoms with Gasteiger partial charge in [-0.25, -0.2) is 0 Å². The Balaban J connectivity index is 2.26. The molecule has 0 spiro atoms. The van der Waals surface area contributed by atoms with Crippen LogP contribution in [0.2, 0.25) is 0 Å². The molecule has 1 saturated carbocycles. The fraction of sp³-hybridized carbons (Fsp3) is 0.800. The highest BCUT2D eigenvalue weighted by atomic mass is 14.3. The van der Waals surface area contributed by atoms with Crippen molar-refractivity contribution in [2.24, 2.45) is 17.8 Å². The molecule has 2 atom stereocenters. The Bertz CT molecular complexity index is 86.2. The van der Waals surface area contributed by atoms with Crippen LogP contribution >= 0.6 is 0 Å². The summed E-state index contributed by atoms with van der Waals surface area (Å²) in [7, 11) is 0. The Kier molecular flexibility index (Phi) is 2.76. The summed E-state index contributed by atoms with van der Waals surface area (Å²) in [6.07, 6.45) is 7.56. The van der Waals surface area contributed by atoms with Crippen LogP contribution in [-0.2, 0) is 0 Å². The van der Waals surface area contributed by atoms with Crippen LogP contribution in [0.3, 0.4) is 0 Å². The van der Waals surface area contributed by atoms with Crippen molar-refractivity contribution in [1.82, 2.24) is 0 Å². The Hall–Kier alpha value is 0. The highest BCUT2D eigenvalue weighted by Gasteiger charge is 2.20. The van der Waals surface area contributed by atoms with Crippen LogP contribution in [-0.4, -0.2) is 0 Å². The van der Waals surface area contributed by atoms with E-state index in [0.29, 0.717) is 0 Å². The fourth-order valence-electron chi connectivity index (χ4n) is 1.54. The Morgan fingerprint density at radius 3 is 2.30 bits per heavy atom. The zero-order chi connectivity index (χ0) is 7.56. The van der Waals surface area contributed by atoms with Crippen molar-refractivity contribution in [3.05, 3.63) is 12.8 Å². The van der Waals surface area contributed by atoms with Crippen molar-refractivity contribution in [3.8, 4) is 0 Å². The number of rotatable bonds is 1. The van der Waals surface area contributed by atoms with E-state index in [4.69, 9.17) is 0 Å². The minimum atomic E-state index is 0.829. The maximum atomic E-state index is 2.40. The first kappa shape index (κ1) is 8.10. The summed E-state index contributed by atoms with van der Waals surface area (Å²) in [5.74, 6) is 2.52. The summed E-state index contributed by atoms with van der Waals surface area (Å²) in [5.41, 5.74) is 0. The molecule has 0 aromatic rings. The third-order valence-corrected chi connectivity index (χ3v) is 2.50. The Morgan fingerprint density at radius 2 is 1.90 bits per heavy atom. The van der Waals surface area contributed by atoms with Crippen LogP contribution in [0.4, 0.5) is 0 Å². The second-order valence-corrected chi connectivity index (χ2v) is 3.85. The quantitative estimate of drug-likeness (QED) is 0.522. The normalized spacial score (nSPS) is 34.8. The molecule has 0 aromatic carbocycles. The second-order valence-electron chi connectivity index (χ2n) is 3.85. The molecule has 1 aliphatic carbocycles. The molecule has 0 saturated heterocycles. The molecule has 10 heavy (non-hydrogen) atoms. The second kappa shape index (κ2) is 3.41. The van der Waals surface area contributed by atoms with Crippen molar-refractivity contribution >= 4 is 0 Å². The summed E-state index contributed by atoms with van der Waals surface area (Å²) in [6.45, 7) is 6.92. The van der Waals surface area contributed by atoms with Crippen molar-refractivity contribution in [2.45, 2.75) is 33.6 Å². The SMILES string of the molecule is CC1[CH][CH]C(C(C)C)CC1. The van der Waals surface area contributed by atoms with Gasteiger partial charge in [-0.3, -0.25) is 0 Å². The Morgan fingerprint density at radius 1 is 1.20 bits per heavy atom. The van der Waals surface area contributed by atoms with E-state index in [-0.39, 0.29) is 0 Å². The molecule has 0 heteroatoms. The molecule has 0 aliphatic heterocycles. The molecule has 2 unspecified atom stereocenters. The van der Waals surface area contributed by atoms with Crippen LogP contribution in [0.1, 0.15) is 33.6 Å². The lowest BCUT2D eigenvalue weighted by atomic mass is 9.78. The van der Waals surface area contributed by atoms with Crippen molar-refractivity contribution < 1.29 is 0 Å². The number of hydrogen-bond acceptors (Lipinski definition) is 0. The summed E-state index contributed by atoms with van der Waals surface area (Å²) in [6, 6.07) is 0. The van der Waals surface area contributed by atoms with Gasteiger partial charge in [-0.15, -0.1) is 0 Å². The van der Waals surface area contributed by atoms with E-state index in [9.17, 15) is 0 Å². The van der Waals surface area contributed by atoms with Crippen LogP contribution in [0.5, 0.6) is 0 Å². The molecule has 1 fully saturated rings. The van der Waals surface area contributed by atoms with E-state index in [1.165, 1.54) is 12.8 Å². The average molecular weight is 138 g/mol. The van der Waals surface area contributed by atoms with E-state index in [2.05, 4.69) is 33.6 Å². The first-order chi connectivity index (χ1) is 4.70. The molecule has 0 amide bonds. The summed E-state index contributed by atoms with van der Waals surface area (Å²) in [5, 5.41) is 0. The molecule has 0 aromatic heterocycles. The van der Waals surface area contributed by atoms with Gasteiger partial charge in [-0.2, -0.15) is 0 Å². The highest BCUT2D eigenvalue weighted by molar-refractivity contribution is 4.98. The van der Waals surface area contributed by atoms with Gasteiger partial charge >= 0.3 is 0 Å². The zero-order valence-corrected chi connectivity index (χ0v) is 7.30. The van der Waals surface area contributed by atoms with E-state index in [0.717, 1.165) is 17.8 Å². The molecule has 1 rings (SSSR count). The van der Waals surface area contributed by atoms with Gasteiger partial charge in [0.15, 0.2) is 0 Å². The van der Waals surface area contributed by atoms with Gasteiger partial charge < -0.3 is 0 Å². The van der Waals surface area contributed by atoms with Crippen molar-refractivity contribution in [1.29, 1.82) is 0 Å². The lowest BCUT2D eigenvalue weighted by Crippen LogP contribution is -2.18. The lowest BCUT2D eigenvalue weighted by Gasteiger charge is -2.28. The van der Waals surface area contributed by atoms with Gasteiger partial charge in [0.2, 0.25) is 0 Å². The predicted octanol–water partition coefficient (Wildman–Crippen LogP) is 3.10. The largest absolute Gasteiger partial charge is 0.0625 e. The molecule has 0 N–H and O–H groups in total. The Labute approximate surface area is 65.0 Å². The lowest BCUT2D eigenvalue weighted by molar-refractivity contribution is 0.342. The molecule has 0 heterocycles. The minimum absolute atomic E-state index is 0.829. The van der Waals surface area contributed by atoms with Gasteiger partial charge in [-0.05, 0) is 37.0 Å². The first-order valence-corrected chi connectivity index (χ1v) is 4.38. The van der Waals surface area contributed by atoms with Crippen LogP contribution in [0.15, 0.2) is 0 Å². The molecule has 0 bridgehead atoms. The third-order valence-electron chi connectivity index (χ3n) is 2.50. The van der Waals surface area contributed by atoms with E-state index < -0.39 is 0 Å². The average Bonchev–Trinajstić information content (AvgIpc) is 1.88. The maximum absolute atomic E-state index is 2.40. The first-order valence-electron chi connectivity index (χ1n) is 4.38. The van der Waals surface area contributed by atoms with Gasteiger partial charge in [0.05, 0.1) is 0 Å². The van der Waals surface area contributed by atoms with Crippen LogP contribution < -0.4 is 0 Å². The van der Waals surface area contributed by atoms with E-state index in [1.807, 2.05) is 0 Å². The number of hydrogen-bond donors (Lipinski definition) is 0. The van der Waals surface area contributed by atoms with Crippen LogP contribution in [0, 0.1) is 30.6 Å². The van der Waals surface area contributed by atoms with Gasteiger partial charge in [0, 0.05) is 0 Å². The van der Waals surface area contributed by atoms with Crippen molar-refractivity contribution in [3.63, 3.8) is 0 Å². The highest BCUT2D eigenvalue weighted by Crippen LogP contribution is 2.31. The summed E-state index contributed by atoms with van der Waals surface area (Å²) < 4.78 is 0. The zero-order valence-electron chi connectivity index (χ0n) is 7.30. The van der Waals surface area contributed by atoms with Gasteiger partial charge in [0.25, 0.3) is 0 Å². The summed E-state index contributed by atoms with van der Waals surface area (Å²) >= 11 is 0. The standard InChI is InChI=1S/C10H18/c1-8(2)10-6-4-9(3)5-7-10/h4,6,8-10H,5,7H2,1-3H3. The monoisotopic (exact) mass is 138 g/mol. The molecule has 0 nitrogen and oxygen atoms in total. The summed E-state index contributed by atoms with van der Waals surface area (Å²) in [4.78, 5) is 0. The predicted molar refractivity (Wildman–Crippen MR) is 45.3 cm³/mol. The minimum Gasteiger partial charge on any atom is -0.0625 e. The molecular formula is C10H18. The molecular weight excluding hydrogens is 120 g/mol. The van der Waals surface area contributed by atoms with E-state index in [1.54, 1.807) is 0 Å². The van der Waals surface area contributed by atoms with Gasteiger partial charge in [-0.1, -0.05) is 27.2 Å². The molecule has 2 radical (unpaired) electrons. The smallest absolute Gasteiger partial charge is 0.0316 e. The maximum Gasteiger partial charge on any atom is -0.0316 e. The van der Waals surface area contributed by atoms with Crippen LogP contribution in [0.25, 0.3) is 0 Å². The molecule has 58 valence electrons. The fourth-order valence-corrected chi connectivity index (χ4v) is 1.54.